The quantitative estimate of drug-likeness (QED) is 0.706. The molecule has 3 aromatic heterocycles. The highest BCUT2D eigenvalue weighted by atomic mass is 32.1. The molecule has 0 radical (unpaired) electrons. The van der Waals surface area contributed by atoms with E-state index in [4.69, 9.17) is 9.97 Å². The van der Waals surface area contributed by atoms with Crippen molar-refractivity contribution < 1.29 is 0 Å². The van der Waals surface area contributed by atoms with Crippen LogP contribution in [0.5, 0.6) is 0 Å². The summed E-state index contributed by atoms with van der Waals surface area (Å²) in [7, 11) is 0. The summed E-state index contributed by atoms with van der Waals surface area (Å²) in [6.45, 7) is 5.00. The zero-order valence-corrected chi connectivity index (χ0v) is 14.3. The lowest BCUT2D eigenvalue weighted by molar-refractivity contribution is 0.656. The van der Waals surface area contributed by atoms with E-state index in [9.17, 15) is 0 Å². The summed E-state index contributed by atoms with van der Waals surface area (Å²) in [5.74, 6) is 2.50. The van der Waals surface area contributed by atoms with Gasteiger partial charge in [-0.15, -0.1) is 11.3 Å². The zero-order valence-electron chi connectivity index (χ0n) is 13.5. The molecule has 118 valence electrons. The summed E-state index contributed by atoms with van der Waals surface area (Å²) in [5.41, 5.74) is 3.38. The summed E-state index contributed by atoms with van der Waals surface area (Å²) in [6, 6.07) is 8.53. The van der Waals surface area contributed by atoms with E-state index in [2.05, 4.69) is 48.6 Å². The normalized spacial score (nSPS) is 14.3. The highest BCUT2D eigenvalue weighted by Crippen LogP contribution is 2.39. The molecule has 0 unspecified atom stereocenters. The van der Waals surface area contributed by atoms with Gasteiger partial charge in [0.1, 0.15) is 0 Å². The van der Waals surface area contributed by atoms with Gasteiger partial charge in [-0.2, -0.15) is 5.10 Å². The molecule has 0 amide bonds. The first-order valence-corrected chi connectivity index (χ1v) is 9.06. The van der Waals surface area contributed by atoms with E-state index in [1.165, 1.54) is 23.4 Å². The highest BCUT2D eigenvalue weighted by Gasteiger charge is 2.25. The number of thiophene rings is 1. The van der Waals surface area contributed by atoms with Crippen LogP contribution in [0.4, 0.5) is 0 Å². The van der Waals surface area contributed by atoms with Gasteiger partial charge < -0.3 is 0 Å². The molecular weight excluding hydrogens is 304 g/mol. The van der Waals surface area contributed by atoms with Crippen molar-refractivity contribution in [3.63, 3.8) is 0 Å². The van der Waals surface area contributed by atoms with Gasteiger partial charge in [0.15, 0.2) is 11.6 Å². The van der Waals surface area contributed by atoms with Crippen LogP contribution in [0, 0.1) is 6.92 Å². The monoisotopic (exact) mass is 324 g/mol. The van der Waals surface area contributed by atoms with Crippen LogP contribution in [0.1, 0.15) is 47.8 Å². The molecule has 0 aromatic carbocycles. The smallest absolute Gasteiger partial charge is 0.160 e. The number of pyridine rings is 1. The Morgan fingerprint density at radius 3 is 2.74 bits per heavy atom. The Morgan fingerprint density at radius 2 is 2.09 bits per heavy atom. The van der Waals surface area contributed by atoms with E-state index in [0.717, 1.165) is 35.9 Å². The maximum atomic E-state index is 4.80. The molecule has 0 aliphatic heterocycles. The van der Waals surface area contributed by atoms with Crippen molar-refractivity contribution in [1.29, 1.82) is 0 Å². The Labute approximate surface area is 140 Å². The lowest BCUT2D eigenvalue weighted by atomic mass is 10.1. The first-order valence-electron chi connectivity index (χ1n) is 8.18. The van der Waals surface area contributed by atoms with Crippen LogP contribution in [-0.4, -0.2) is 19.7 Å². The number of rotatable bonds is 5. The third kappa shape index (κ3) is 2.93. The molecule has 0 bridgehead atoms. The maximum Gasteiger partial charge on any atom is 0.160 e. The second kappa shape index (κ2) is 5.89. The number of nitrogens with zero attached hydrogens (tertiary/aromatic N) is 4. The molecule has 3 aromatic rings. The number of hydrogen-bond donors (Lipinski definition) is 0. The second-order valence-corrected chi connectivity index (χ2v) is 7.10. The molecule has 23 heavy (non-hydrogen) atoms. The predicted molar refractivity (Wildman–Crippen MR) is 92.8 cm³/mol. The van der Waals surface area contributed by atoms with Crippen molar-refractivity contribution in [1.82, 2.24) is 19.7 Å². The van der Waals surface area contributed by atoms with Gasteiger partial charge in [-0.25, -0.2) is 9.67 Å². The van der Waals surface area contributed by atoms with Crippen molar-refractivity contribution >= 4 is 11.3 Å². The Bertz CT molecular complexity index is 816. The van der Waals surface area contributed by atoms with E-state index in [1.54, 1.807) is 11.3 Å². The molecule has 0 saturated heterocycles. The maximum absolute atomic E-state index is 4.80. The molecule has 1 aliphatic carbocycles. The van der Waals surface area contributed by atoms with Crippen LogP contribution in [0.25, 0.3) is 11.4 Å². The molecule has 4 rings (SSSR count). The van der Waals surface area contributed by atoms with E-state index < -0.39 is 0 Å². The van der Waals surface area contributed by atoms with Gasteiger partial charge >= 0.3 is 0 Å². The zero-order chi connectivity index (χ0) is 15.8. The number of aromatic nitrogens is 4. The SMILES string of the molecule is CCn1nc(Cc2cccs2)nc1-c1ccc(C2CC2)nc1C. The fourth-order valence-corrected chi connectivity index (χ4v) is 3.58. The molecule has 3 heterocycles. The minimum atomic E-state index is 0.682. The van der Waals surface area contributed by atoms with Gasteiger partial charge in [-0.3, -0.25) is 4.98 Å². The molecule has 0 spiro atoms. The van der Waals surface area contributed by atoms with Crippen molar-refractivity contribution in [2.45, 2.75) is 45.6 Å². The van der Waals surface area contributed by atoms with Crippen LogP contribution in [0.3, 0.4) is 0 Å². The third-order valence-corrected chi connectivity index (χ3v) is 5.15. The van der Waals surface area contributed by atoms with Crippen LogP contribution >= 0.6 is 11.3 Å². The van der Waals surface area contributed by atoms with Gasteiger partial charge in [0.25, 0.3) is 0 Å². The molecule has 4 nitrogen and oxygen atoms in total. The fraction of sp³-hybridized carbons (Fsp3) is 0.389. The Balaban J connectivity index is 1.68. The van der Waals surface area contributed by atoms with E-state index in [1.807, 2.05) is 4.68 Å². The molecule has 1 fully saturated rings. The molecular formula is C18H20N4S. The Morgan fingerprint density at radius 1 is 1.22 bits per heavy atom. The average Bonchev–Trinajstić information content (AvgIpc) is 3.14. The molecule has 1 saturated carbocycles. The fourth-order valence-electron chi connectivity index (χ4n) is 2.88. The van der Waals surface area contributed by atoms with Gasteiger partial charge in [-0.05, 0) is 50.3 Å². The summed E-state index contributed by atoms with van der Waals surface area (Å²) >= 11 is 1.75. The largest absolute Gasteiger partial charge is 0.257 e. The van der Waals surface area contributed by atoms with E-state index in [0.29, 0.717) is 5.92 Å². The molecule has 1 aliphatic rings. The third-order valence-electron chi connectivity index (χ3n) is 4.27. The van der Waals surface area contributed by atoms with Crippen molar-refractivity contribution in [2.75, 3.05) is 0 Å². The first kappa shape index (κ1) is 14.6. The summed E-state index contributed by atoms with van der Waals surface area (Å²) in [5, 5.41) is 6.77. The molecule has 5 heteroatoms. The van der Waals surface area contributed by atoms with Crippen LogP contribution in [0.15, 0.2) is 29.6 Å². The number of hydrogen-bond acceptors (Lipinski definition) is 4. The molecule has 0 atom stereocenters. The summed E-state index contributed by atoms with van der Waals surface area (Å²) in [4.78, 5) is 10.9. The van der Waals surface area contributed by atoms with Crippen LogP contribution in [-0.2, 0) is 13.0 Å². The second-order valence-electron chi connectivity index (χ2n) is 6.07. The van der Waals surface area contributed by atoms with Crippen molar-refractivity contribution in [3.8, 4) is 11.4 Å². The summed E-state index contributed by atoms with van der Waals surface area (Å²) < 4.78 is 1.99. The average molecular weight is 324 g/mol. The van der Waals surface area contributed by atoms with Crippen LogP contribution in [0.2, 0.25) is 0 Å². The molecule has 0 N–H and O–H groups in total. The minimum Gasteiger partial charge on any atom is -0.257 e. The minimum absolute atomic E-state index is 0.682. The lowest BCUT2D eigenvalue weighted by Crippen LogP contribution is -2.02. The summed E-state index contributed by atoms with van der Waals surface area (Å²) in [6.07, 6.45) is 3.36. The van der Waals surface area contributed by atoms with Gasteiger partial charge in [0.05, 0.1) is 0 Å². The first-order chi connectivity index (χ1) is 11.2. The van der Waals surface area contributed by atoms with Gasteiger partial charge in [0, 0.05) is 40.7 Å². The van der Waals surface area contributed by atoms with Crippen molar-refractivity contribution in [3.05, 3.63) is 51.7 Å². The van der Waals surface area contributed by atoms with E-state index in [-0.39, 0.29) is 0 Å². The predicted octanol–water partition coefficient (Wildman–Crippen LogP) is 4.20. The van der Waals surface area contributed by atoms with Crippen molar-refractivity contribution in [2.24, 2.45) is 0 Å². The standard InChI is InChI=1S/C18H20N4S/c1-3-22-18(20-17(21-22)11-14-5-4-10-23-14)15-8-9-16(13-6-7-13)19-12(15)2/h4-5,8-10,13H,3,6-7,11H2,1-2H3. The topological polar surface area (TPSA) is 43.6 Å². The van der Waals surface area contributed by atoms with Gasteiger partial charge in [0.2, 0.25) is 0 Å². The van der Waals surface area contributed by atoms with Gasteiger partial charge in [-0.1, -0.05) is 6.07 Å². The van der Waals surface area contributed by atoms with Crippen LogP contribution < -0.4 is 0 Å². The highest BCUT2D eigenvalue weighted by molar-refractivity contribution is 7.09. The number of aryl methyl sites for hydroxylation is 2. The Hall–Kier alpha value is -2.01. The Kier molecular flexibility index (Phi) is 3.73. The van der Waals surface area contributed by atoms with E-state index >= 15 is 0 Å². The lowest BCUT2D eigenvalue weighted by Gasteiger charge is -2.07.